The molecule has 4 bridgehead atoms. The first-order valence-electron chi connectivity index (χ1n) is 41.6. The summed E-state index contributed by atoms with van der Waals surface area (Å²) in [5.41, 5.74) is 12.4. The van der Waals surface area contributed by atoms with Crippen LogP contribution < -0.4 is 26.7 Å². The second-order valence-electron chi connectivity index (χ2n) is 35.0. The van der Waals surface area contributed by atoms with Gasteiger partial charge < -0.3 is 79.1 Å². The topological polar surface area (TPSA) is 335 Å². The molecule has 28 nitrogen and oxygen atoms in total. The lowest BCUT2D eigenvalue weighted by molar-refractivity contribution is -0.138. The predicted octanol–water partition coefficient (Wildman–Crippen LogP) is 14.8. The Kier molecular flexibility index (Phi) is 28.8. The van der Waals surface area contributed by atoms with Gasteiger partial charge in [0.25, 0.3) is 0 Å². The fourth-order valence-corrected chi connectivity index (χ4v) is 18.8. The molecule has 2 aromatic heterocycles. The molecule has 0 radical (unpaired) electrons. The molecule has 2 saturated carbocycles. The van der Waals surface area contributed by atoms with Gasteiger partial charge in [-0.15, -0.1) is 0 Å². The van der Waals surface area contributed by atoms with Gasteiger partial charge in [0.1, 0.15) is 35.8 Å². The fourth-order valence-electron chi connectivity index (χ4n) is 18.4. The van der Waals surface area contributed by atoms with Crippen molar-refractivity contribution in [3.05, 3.63) is 125 Å². The van der Waals surface area contributed by atoms with Crippen molar-refractivity contribution in [1.29, 1.82) is 0 Å². The molecule has 2 aliphatic carbocycles. The van der Waals surface area contributed by atoms with Gasteiger partial charge in [-0.05, 0) is 197 Å². The number of allylic oxidation sites excluding steroid dienone is 2. The highest BCUT2D eigenvalue weighted by molar-refractivity contribution is 9.10. The van der Waals surface area contributed by atoms with Crippen LogP contribution in [0.2, 0.25) is 0 Å². The lowest BCUT2D eigenvalue weighted by atomic mass is 9.78. The van der Waals surface area contributed by atoms with Crippen molar-refractivity contribution in [3.8, 4) is 11.1 Å². The highest BCUT2D eigenvalue weighted by Crippen LogP contribution is 2.48. The van der Waals surface area contributed by atoms with Gasteiger partial charge in [-0.2, -0.15) is 0 Å². The number of aliphatic imine (C=N–C) groups is 2. The first-order valence-corrected chi connectivity index (χ1v) is 42.4. The van der Waals surface area contributed by atoms with Gasteiger partial charge in [0.15, 0.2) is 0 Å². The second-order valence-corrected chi connectivity index (χ2v) is 35.9. The summed E-state index contributed by atoms with van der Waals surface area (Å²) >= 11 is 3.46. The molecule has 8 amide bonds. The van der Waals surface area contributed by atoms with Crippen molar-refractivity contribution in [2.45, 2.75) is 247 Å². The third-order valence-corrected chi connectivity index (χ3v) is 26.0. The predicted molar refractivity (Wildman–Crippen MR) is 469 cm³/mol. The molecule has 6 N–H and O–H groups in total. The van der Waals surface area contributed by atoms with Crippen molar-refractivity contribution in [2.24, 2.45) is 45.5 Å². The van der Waals surface area contributed by atoms with Crippen molar-refractivity contribution in [2.75, 3.05) is 41.5 Å². The average molecular weight is 1710 g/mol. The van der Waals surface area contributed by atoms with E-state index in [1.807, 2.05) is 112 Å². The van der Waals surface area contributed by atoms with Gasteiger partial charge in [0.2, 0.25) is 23.6 Å². The minimum Gasteiger partial charge on any atom is -0.453 e. The number of alkyl carbamates (subject to hydrolysis) is 4. The van der Waals surface area contributed by atoms with Crippen LogP contribution in [0.1, 0.15) is 210 Å². The van der Waals surface area contributed by atoms with E-state index in [9.17, 15) is 38.4 Å². The lowest BCUT2D eigenvalue weighted by Crippen LogP contribution is -2.57. The van der Waals surface area contributed by atoms with E-state index in [-0.39, 0.29) is 117 Å². The number of benzene rings is 4. The maximum absolute atomic E-state index is 13.9. The van der Waals surface area contributed by atoms with Gasteiger partial charge in [-0.25, -0.2) is 29.1 Å². The molecular weight excluding hydrogens is 1590 g/mol. The number of hydrogen-bond acceptors (Lipinski definition) is 18. The number of ether oxygens (including phenoxy) is 4. The Morgan fingerprint density at radius 1 is 0.475 bits per heavy atom. The summed E-state index contributed by atoms with van der Waals surface area (Å²) in [5.74, 6) is 1.68. The number of H-pyrrole nitrogens is 2. The zero-order valence-corrected chi connectivity index (χ0v) is 72.2. The number of imidazole rings is 2. The molecule has 0 spiro atoms. The summed E-state index contributed by atoms with van der Waals surface area (Å²) in [5, 5.41) is 10.9. The van der Waals surface area contributed by atoms with Gasteiger partial charge in [-0.1, -0.05) is 141 Å². The number of likely N-dealkylation sites (tertiary alicyclic amines) is 4. The lowest BCUT2D eigenvalue weighted by Gasteiger charge is -2.38. The number of halogens is 1. The van der Waals surface area contributed by atoms with Crippen LogP contribution in [0, 0.1) is 35.5 Å². The molecule has 5 saturated heterocycles. The number of hydrogen-bond donors (Lipinski definition) is 6. The molecule has 6 aromatic rings. The van der Waals surface area contributed by atoms with Crippen molar-refractivity contribution in [3.63, 3.8) is 0 Å². The van der Waals surface area contributed by atoms with Crippen LogP contribution in [0.15, 0.2) is 112 Å². The van der Waals surface area contributed by atoms with E-state index in [0.717, 1.165) is 153 Å². The van der Waals surface area contributed by atoms with Crippen LogP contribution in [0.25, 0.3) is 44.3 Å². The van der Waals surface area contributed by atoms with Crippen LogP contribution in [-0.2, 0) is 47.4 Å². The monoisotopic (exact) mass is 1710 g/mol. The first-order chi connectivity index (χ1) is 56.3. The Balaban J connectivity index is 0.000000186. The van der Waals surface area contributed by atoms with E-state index in [0.29, 0.717) is 37.8 Å². The van der Waals surface area contributed by atoms with Crippen LogP contribution in [-0.4, -0.2) is 207 Å². The SMILES string of the molecule is C.C.COC(=O)N[C@H](C(=O)N1C2CCC(C2)C1C1=NC=C(c2ccc(-c3ccc4nc([C@@H]5CCCN5C(=O)[C@@H](NC(=O)OC)C(C)C)[nH]c4c3)cc2)C1)C(C)C.COC(=O)N[C@H](C(=O)N1C2CCC(C2)C1C1=NC=C(c2ccc(B3OC(C)(C)C(C)(C)O3)cc2)C1)C(C)C.COC(=O)N[C@H](C(=O)N1CCC[C@H]1c1nc2ccc(Br)cc2[nH]1)C(C)C. The normalized spacial score (nSPS) is 23.2. The summed E-state index contributed by atoms with van der Waals surface area (Å²) in [7, 11) is 4.83. The number of carbonyl (C=O) groups excluding carboxylic acids is 8. The number of carbonyl (C=O) groups is 8. The molecule has 7 aliphatic heterocycles. The molecular formula is C90H122BBrN14O14. The Morgan fingerprint density at radius 3 is 1.23 bits per heavy atom. The molecule has 7 fully saturated rings. The quantitative estimate of drug-likeness (QED) is 0.0305. The smallest absolute Gasteiger partial charge is 0.453 e. The molecule has 9 aliphatic rings. The minimum atomic E-state index is -0.689. The zero-order chi connectivity index (χ0) is 84.5. The van der Waals surface area contributed by atoms with Gasteiger partial charge in [0.05, 0.1) is 85.9 Å². The summed E-state index contributed by atoms with van der Waals surface area (Å²) in [6.07, 6.45) is 12.4. The Bertz CT molecular complexity index is 4870. The molecule has 646 valence electrons. The molecule has 6 unspecified atom stereocenters. The fraction of sp³-hybridized carbons (Fsp3) is 0.556. The highest BCUT2D eigenvalue weighted by Gasteiger charge is 2.55. The van der Waals surface area contributed by atoms with Gasteiger partial charge in [-0.3, -0.25) is 29.2 Å². The largest absolute Gasteiger partial charge is 0.494 e. The number of piperidine rings is 2. The van der Waals surface area contributed by atoms with E-state index >= 15 is 0 Å². The summed E-state index contributed by atoms with van der Waals surface area (Å²) in [4.78, 5) is 136. The number of fused-ring (bicyclic) bond motifs is 6. The molecule has 4 aromatic carbocycles. The number of nitrogens with zero attached hydrogens (tertiary/aromatic N) is 8. The van der Waals surface area contributed by atoms with E-state index in [2.05, 4.69) is 145 Å². The van der Waals surface area contributed by atoms with Gasteiger partial charge in [0, 0.05) is 66.3 Å². The minimum absolute atomic E-state index is 0. The number of amides is 8. The standard InChI is InChI=1S/C41H51N7O6.C29H40BN3O5.C18H23BrN4O3.2CH4/c1-22(2)34(45-40(51)53-5)38(49)47-17-7-8-33(47)37-43-30-16-14-26(19-31(30)44-37)24-9-11-25(12-10-24)28-20-32(42-21-28)36-27-13-15-29(18-27)48(36)39(50)35(23(3)4)46-41(52)54-6;1-17(2)24(32-27(35)36-7)26(34)33-22-13-10-19(14-22)25(33)23-15-20(16-31-23)18-8-11-21(12-9-18)30-37-28(3,4)29(5,6)38-30;1-10(2)15(22-18(25)26-3)17(24)23-8-4-5-14(23)16-20-12-7-6-11(19)9-13(12)21-16;;/h9-12,14,16,19,21-23,27,29,33-36H,7-8,13,15,17-18,20H2,1-6H3,(H,43,44)(H,45,51)(H,46,52);8-9,11-12,16-17,19,22,24-25H,10,13-15H2,1-7H3,(H,32,35);6-7,9-10,14-15H,4-5,8H2,1-3H3,(H,20,21)(H,22,25);2*1H4/t27?,29?,33-,34-,35-,36?;19?,22?,24-,25?;14-,15-;;/m000../s1. The molecule has 30 heteroatoms. The third kappa shape index (κ3) is 19.0. The van der Waals surface area contributed by atoms with Crippen LogP contribution in [0.5, 0.6) is 0 Å². The maximum atomic E-state index is 13.9. The first kappa shape index (κ1) is 90.8. The molecule has 12 atom stereocenters. The molecule has 120 heavy (non-hydrogen) atoms. The number of methoxy groups -OCH3 is 4. The number of aromatic amines is 2. The summed E-state index contributed by atoms with van der Waals surface area (Å²) in [6.45, 7) is 24.9. The Morgan fingerprint density at radius 2 is 0.833 bits per heavy atom. The van der Waals surface area contributed by atoms with Crippen molar-refractivity contribution in [1.82, 2.24) is 60.8 Å². The number of aromatic nitrogens is 4. The zero-order valence-electron chi connectivity index (χ0n) is 70.6. The van der Waals surface area contributed by atoms with Gasteiger partial charge >= 0.3 is 31.5 Å². The number of nitrogens with one attached hydrogen (secondary N) is 6. The number of rotatable bonds is 20. The second kappa shape index (κ2) is 38.0. The summed E-state index contributed by atoms with van der Waals surface area (Å²) < 4.78 is 32.4. The van der Waals surface area contributed by atoms with E-state index in [4.69, 9.17) is 38.5 Å². The Hall–Kier alpha value is -9.94. The average Bonchev–Trinajstić information content (AvgIpc) is 1.59. The highest BCUT2D eigenvalue weighted by atomic mass is 79.9. The third-order valence-electron chi connectivity index (χ3n) is 25.5. The van der Waals surface area contributed by atoms with Crippen LogP contribution in [0.3, 0.4) is 0 Å². The van der Waals surface area contributed by atoms with Crippen LogP contribution in [0.4, 0.5) is 19.2 Å². The van der Waals surface area contributed by atoms with E-state index in [1.54, 1.807) is 0 Å². The van der Waals surface area contributed by atoms with E-state index < -0.39 is 48.5 Å². The maximum Gasteiger partial charge on any atom is 0.494 e. The molecule has 15 rings (SSSR count). The van der Waals surface area contributed by atoms with Crippen molar-refractivity contribution < 1.29 is 66.6 Å². The summed E-state index contributed by atoms with van der Waals surface area (Å²) in [6, 6.07) is 26.2. The molecule has 9 heterocycles. The van der Waals surface area contributed by atoms with Crippen LogP contribution >= 0.6 is 15.9 Å². The Labute approximate surface area is 714 Å². The van der Waals surface area contributed by atoms with Crippen molar-refractivity contribution >= 4 is 121 Å². The van der Waals surface area contributed by atoms with E-state index in [1.165, 1.54) is 28.4 Å².